The summed E-state index contributed by atoms with van der Waals surface area (Å²) in [5.74, 6) is -1.10. The van der Waals surface area contributed by atoms with Gasteiger partial charge in [0.1, 0.15) is 0 Å². The fraction of sp³-hybridized carbons (Fsp3) is 0.273. The predicted octanol–water partition coefficient (Wildman–Crippen LogP) is 5.02. The average Bonchev–Trinajstić information content (AvgIpc) is 3.13. The molecule has 1 atom stereocenters. The van der Waals surface area contributed by atoms with Crippen molar-refractivity contribution in [2.75, 3.05) is 0 Å². The van der Waals surface area contributed by atoms with Gasteiger partial charge in [0.2, 0.25) is 5.78 Å². The number of hydrogen-bond acceptors (Lipinski definition) is 3. The van der Waals surface area contributed by atoms with E-state index in [0.717, 1.165) is 43.0 Å². The molecular formula is C22H19F3O3. The van der Waals surface area contributed by atoms with Crippen LogP contribution in [0.25, 0.3) is 6.08 Å². The van der Waals surface area contributed by atoms with Crippen molar-refractivity contribution in [1.29, 1.82) is 0 Å². The number of alkyl halides is 3. The number of ketones is 1. The van der Waals surface area contributed by atoms with Crippen LogP contribution in [0.3, 0.4) is 0 Å². The van der Waals surface area contributed by atoms with E-state index in [1.165, 1.54) is 30.7 Å². The molecule has 3 nitrogen and oxygen atoms in total. The van der Waals surface area contributed by atoms with Gasteiger partial charge in [-0.15, -0.1) is 0 Å². The van der Waals surface area contributed by atoms with Gasteiger partial charge in [0.15, 0.2) is 6.10 Å². The molecule has 2 aromatic carbocycles. The third kappa shape index (κ3) is 4.68. The lowest BCUT2D eigenvalue weighted by Gasteiger charge is -2.12. The summed E-state index contributed by atoms with van der Waals surface area (Å²) in [5.41, 5.74) is 2.29. The van der Waals surface area contributed by atoms with Crippen LogP contribution in [0, 0.1) is 0 Å². The minimum Gasteiger partial charge on any atom is -0.451 e. The van der Waals surface area contributed by atoms with Crippen molar-refractivity contribution < 1.29 is 27.5 Å². The Morgan fingerprint density at radius 1 is 1.07 bits per heavy atom. The number of fused-ring (bicyclic) bond motifs is 1. The highest BCUT2D eigenvalue weighted by Crippen LogP contribution is 2.29. The quantitative estimate of drug-likeness (QED) is 0.410. The average molecular weight is 388 g/mol. The van der Waals surface area contributed by atoms with Gasteiger partial charge >= 0.3 is 12.1 Å². The molecule has 1 aliphatic rings. The molecule has 0 saturated heterocycles. The van der Waals surface area contributed by atoms with Crippen LogP contribution in [0.5, 0.6) is 0 Å². The van der Waals surface area contributed by atoms with Crippen LogP contribution in [0.2, 0.25) is 0 Å². The Labute approximate surface area is 160 Å². The van der Waals surface area contributed by atoms with Gasteiger partial charge in [-0.1, -0.05) is 24.3 Å². The lowest BCUT2D eigenvalue weighted by atomic mass is 10.0. The van der Waals surface area contributed by atoms with E-state index in [1.54, 1.807) is 6.07 Å². The highest BCUT2D eigenvalue weighted by molar-refractivity contribution is 6.01. The first kappa shape index (κ1) is 19.9. The first-order chi connectivity index (χ1) is 13.2. The summed E-state index contributed by atoms with van der Waals surface area (Å²) >= 11 is 0. The van der Waals surface area contributed by atoms with Crippen molar-refractivity contribution in [3.8, 4) is 0 Å². The molecule has 6 heteroatoms. The largest absolute Gasteiger partial charge is 0.451 e. The van der Waals surface area contributed by atoms with Gasteiger partial charge in [0.05, 0.1) is 5.56 Å². The summed E-state index contributed by atoms with van der Waals surface area (Å²) in [6.07, 6.45) is -0.192. The van der Waals surface area contributed by atoms with Crippen molar-refractivity contribution in [2.45, 2.75) is 38.5 Å². The summed E-state index contributed by atoms with van der Waals surface area (Å²) in [4.78, 5) is 24.4. The van der Waals surface area contributed by atoms with E-state index in [0.29, 0.717) is 5.56 Å². The maximum Gasteiger partial charge on any atom is 0.416 e. The SMILES string of the molecule is C[C@@H](OC(=O)/C=C/c1cccc(C(F)(F)F)c1)C(=O)c1ccc2c(c1)CCC2. The molecule has 2 aromatic rings. The van der Waals surface area contributed by atoms with E-state index in [2.05, 4.69) is 0 Å². The second-order valence-corrected chi connectivity index (χ2v) is 6.74. The molecule has 0 saturated carbocycles. The molecule has 0 heterocycles. The molecule has 0 fully saturated rings. The topological polar surface area (TPSA) is 43.4 Å². The first-order valence-electron chi connectivity index (χ1n) is 8.96. The number of carbonyl (C=O) groups is 2. The first-order valence-corrected chi connectivity index (χ1v) is 8.96. The Morgan fingerprint density at radius 2 is 1.82 bits per heavy atom. The minimum atomic E-state index is -4.46. The molecule has 0 spiro atoms. The second-order valence-electron chi connectivity index (χ2n) is 6.74. The molecule has 0 amide bonds. The Morgan fingerprint density at radius 3 is 2.57 bits per heavy atom. The van der Waals surface area contributed by atoms with Crippen molar-refractivity contribution in [3.05, 3.63) is 76.4 Å². The fourth-order valence-electron chi connectivity index (χ4n) is 3.21. The molecule has 0 unspecified atom stereocenters. The number of aryl methyl sites for hydroxylation is 2. The van der Waals surface area contributed by atoms with Crippen LogP contribution in [0.4, 0.5) is 13.2 Å². The number of rotatable bonds is 5. The van der Waals surface area contributed by atoms with Gasteiger partial charge in [-0.2, -0.15) is 13.2 Å². The zero-order chi connectivity index (χ0) is 20.3. The second kappa shape index (κ2) is 8.00. The van der Waals surface area contributed by atoms with E-state index in [4.69, 9.17) is 4.74 Å². The van der Waals surface area contributed by atoms with E-state index >= 15 is 0 Å². The highest BCUT2D eigenvalue weighted by atomic mass is 19.4. The number of halogens is 3. The van der Waals surface area contributed by atoms with Crippen LogP contribution >= 0.6 is 0 Å². The normalized spacial score (nSPS) is 14.7. The Balaban J connectivity index is 1.63. The Hall–Kier alpha value is -2.89. The zero-order valence-electron chi connectivity index (χ0n) is 15.3. The predicted molar refractivity (Wildman–Crippen MR) is 98.8 cm³/mol. The van der Waals surface area contributed by atoms with Gasteiger partial charge in [0, 0.05) is 11.6 Å². The zero-order valence-corrected chi connectivity index (χ0v) is 15.3. The molecule has 1 aliphatic carbocycles. The number of benzene rings is 2. The number of esters is 1. The molecule has 0 aromatic heterocycles. The molecular weight excluding hydrogens is 369 g/mol. The highest BCUT2D eigenvalue weighted by Gasteiger charge is 2.30. The Bertz CT molecular complexity index is 929. The molecule has 0 radical (unpaired) electrons. The molecule has 146 valence electrons. The van der Waals surface area contributed by atoms with E-state index in [1.807, 2.05) is 12.1 Å². The minimum absolute atomic E-state index is 0.212. The lowest BCUT2D eigenvalue weighted by Crippen LogP contribution is -2.23. The third-order valence-electron chi connectivity index (χ3n) is 4.67. The number of carbonyl (C=O) groups excluding carboxylic acids is 2. The van der Waals surface area contributed by atoms with Crippen LogP contribution < -0.4 is 0 Å². The fourth-order valence-corrected chi connectivity index (χ4v) is 3.21. The standard InChI is InChI=1S/C22H19F3O3/c1-14(21(27)18-10-9-16-5-3-6-17(16)13-18)28-20(26)11-8-15-4-2-7-19(12-15)22(23,24)25/h2,4,7-14H,3,5-6H2,1H3/b11-8+/t14-/m1/s1. The van der Waals surface area contributed by atoms with E-state index in [9.17, 15) is 22.8 Å². The van der Waals surface area contributed by atoms with E-state index < -0.39 is 23.8 Å². The van der Waals surface area contributed by atoms with Gasteiger partial charge in [-0.3, -0.25) is 4.79 Å². The van der Waals surface area contributed by atoms with E-state index in [-0.39, 0.29) is 11.3 Å². The number of Topliss-reactive ketones (excluding diaryl/α,β-unsaturated/α-hetero) is 1. The summed E-state index contributed by atoms with van der Waals surface area (Å²) in [5, 5.41) is 0. The summed E-state index contributed by atoms with van der Waals surface area (Å²) in [7, 11) is 0. The summed E-state index contributed by atoms with van der Waals surface area (Å²) in [6, 6.07) is 10.1. The van der Waals surface area contributed by atoms with Crippen molar-refractivity contribution >= 4 is 17.8 Å². The maximum absolute atomic E-state index is 12.7. The van der Waals surface area contributed by atoms with Gasteiger partial charge in [0.25, 0.3) is 0 Å². The van der Waals surface area contributed by atoms with Crippen molar-refractivity contribution in [2.24, 2.45) is 0 Å². The molecule has 28 heavy (non-hydrogen) atoms. The summed E-state index contributed by atoms with van der Waals surface area (Å²) < 4.78 is 43.3. The summed E-state index contributed by atoms with van der Waals surface area (Å²) in [6.45, 7) is 1.48. The molecule has 0 bridgehead atoms. The molecule has 3 rings (SSSR count). The molecule has 0 N–H and O–H groups in total. The molecule has 0 aliphatic heterocycles. The van der Waals surface area contributed by atoms with Crippen LogP contribution in [-0.2, 0) is 28.5 Å². The number of hydrogen-bond donors (Lipinski definition) is 0. The maximum atomic E-state index is 12.7. The van der Waals surface area contributed by atoms with Crippen LogP contribution in [0.1, 0.15) is 46.0 Å². The van der Waals surface area contributed by atoms with Crippen LogP contribution in [0.15, 0.2) is 48.5 Å². The Kier molecular flexibility index (Phi) is 5.68. The van der Waals surface area contributed by atoms with Gasteiger partial charge in [-0.05, 0) is 67.2 Å². The number of ether oxygens (including phenoxy) is 1. The van der Waals surface area contributed by atoms with Gasteiger partial charge < -0.3 is 4.74 Å². The van der Waals surface area contributed by atoms with Crippen LogP contribution in [-0.4, -0.2) is 17.9 Å². The van der Waals surface area contributed by atoms with Crippen molar-refractivity contribution in [1.82, 2.24) is 0 Å². The monoisotopic (exact) mass is 388 g/mol. The third-order valence-corrected chi connectivity index (χ3v) is 4.67. The lowest BCUT2D eigenvalue weighted by molar-refractivity contribution is -0.140. The van der Waals surface area contributed by atoms with Crippen molar-refractivity contribution in [3.63, 3.8) is 0 Å². The van der Waals surface area contributed by atoms with Gasteiger partial charge in [-0.25, -0.2) is 4.79 Å². The smallest absolute Gasteiger partial charge is 0.416 e.